The van der Waals surface area contributed by atoms with Gasteiger partial charge >= 0.3 is 0 Å². The van der Waals surface area contributed by atoms with Gasteiger partial charge in [-0.2, -0.15) is 10.2 Å². The second kappa shape index (κ2) is 6.17. The predicted octanol–water partition coefficient (Wildman–Crippen LogP) is 1.54. The van der Waals surface area contributed by atoms with Crippen LogP contribution in [0, 0.1) is 0 Å². The highest BCUT2D eigenvalue weighted by Crippen LogP contribution is 2.24. The van der Waals surface area contributed by atoms with Gasteiger partial charge in [0.2, 0.25) is 0 Å². The molecule has 2 aromatic carbocycles. The van der Waals surface area contributed by atoms with E-state index in [0.717, 1.165) is 0 Å². The van der Waals surface area contributed by atoms with Gasteiger partial charge in [-0.3, -0.25) is 20.3 Å². The Balaban J connectivity index is 1.81. The zero-order valence-corrected chi connectivity index (χ0v) is 13.5. The van der Waals surface area contributed by atoms with Crippen molar-refractivity contribution < 1.29 is 9.59 Å². The first-order valence-electron chi connectivity index (χ1n) is 7.84. The Labute approximate surface area is 148 Å². The minimum atomic E-state index is -0.636. The fourth-order valence-electron chi connectivity index (χ4n) is 2.66. The van der Waals surface area contributed by atoms with Gasteiger partial charge in [0.25, 0.3) is 11.8 Å². The molecule has 0 fully saturated rings. The van der Waals surface area contributed by atoms with E-state index in [1.54, 1.807) is 24.3 Å². The number of hydrazone groups is 1. The molecule has 128 valence electrons. The molecule has 0 aliphatic carbocycles. The van der Waals surface area contributed by atoms with Crippen molar-refractivity contribution in [1.82, 2.24) is 15.1 Å². The average Bonchev–Trinajstić information content (AvgIpc) is 3.01. The minimum Gasteiger partial charge on any atom is -0.383 e. The van der Waals surface area contributed by atoms with Gasteiger partial charge in [-0.05, 0) is 24.3 Å². The molecular formula is C18H14N6O2. The summed E-state index contributed by atoms with van der Waals surface area (Å²) in [6.07, 6.45) is 0. The highest BCUT2D eigenvalue weighted by molar-refractivity contribution is 6.51. The first kappa shape index (κ1) is 15.6. The molecule has 4 N–H and O–H groups in total. The van der Waals surface area contributed by atoms with Gasteiger partial charge in [0.1, 0.15) is 17.1 Å². The van der Waals surface area contributed by atoms with Gasteiger partial charge in [-0.15, -0.1) is 0 Å². The van der Waals surface area contributed by atoms with E-state index in [1.807, 2.05) is 36.4 Å². The summed E-state index contributed by atoms with van der Waals surface area (Å²) in [7, 11) is 0. The van der Waals surface area contributed by atoms with E-state index in [-0.39, 0.29) is 22.8 Å². The number of amides is 2. The highest BCUT2D eigenvalue weighted by atomic mass is 16.2. The zero-order valence-electron chi connectivity index (χ0n) is 13.5. The lowest BCUT2D eigenvalue weighted by atomic mass is 10.1. The normalized spacial score (nSPS) is 14.8. The maximum atomic E-state index is 12.3. The van der Waals surface area contributed by atoms with Gasteiger partial charge in [0.15, 0.2) is 5.71 Å². The lowest BCUT2D eigenvalue weighted by Gasteiger charge is -2.12. The van der Waals surface area contributed by atoms with Crippen molar-refractivity contribution in [2.45, 2.75) is 0 Å². The maximum Gasteiger partial charge on any atom is 0.280 e. The number of aromatic nitrogens is 2. The third-order valence-corrected chi connectivity index (χ3v) is 3.89. The predicted molar refractivity (Wildman–Crippen MR) is 97.1 cm³/mol. The second-order valence-corrected chi connectivity index (χ2v) is 5.58. The molecule has 1 aromatic heterocycles. The Kier molecular flexibility index (Phi) is 3.70. The quantitative estimate of drug-likeness (QED) is 0.492. The SMILES string of the molecule is Nc1c2c(nn1-c1ccccc1)/C(=N\Nc1ccccc1)C(=O)NC2=O. The Morgan fingerprint density at radius 3 is 2.31 bits per heavy atom. The molecule has 0 saturated carbocycles. The molecule has 26 heavy (non-hydrogen) atoms. The smallest absolute Gasteiger partial charge is 0.280 e. The van der Waals surface area contributed by atoms with Crippen LogP contribution in [0.25, 0.3) is 5.69 Å². The topological polar surface area (TPSA) is 114 Å². The van der Waals surface area contributed by atoms with Gasteiger partial charge in [-0.25, -0.2) is 4.68 Å². The minimum absolute atomic E-state index is 0.00941. The number of nitrogens with two attached hydrogens (primary N) is 1. The molecule has 4 rings (SSSR count). The van der Waals surface area contributed by atoms with Crippen LogP contribution in [0.3, 0.4) is 0 Å². The lowest BCUT2D eigenvalue weighted by molar-refractivity contribution is -0.114. The summed E-state index contributed by atoms with van der Waals surface area (Å²) in [5, 5.41) is 10.7. The van der Waals surface area contributed by atoms with Crippen molar-refractivity contribution in [2.24, 2.45) is 5.10 Å². The summed E-state index contributed by atoms with van der Waals surface area (Å²) in [6, 6.07) is 18.2. The van der Waals surface area contributed by atoms with Crippen molar-refractivity contribution in [3.8, 4) is 5.69 Å². The summed E-state index contributed by atoms with van der Waals surface area (Å²) >= 11 is 0. The lowest BCUT2D eigenvalue weighted by Crippen LogP contribution is -2.42. The van der Waals surface area contributed by atoms with Gasteiger partial charge in [0, 0.05) is 0 Å². The fraction of sp³-hybridized carbons (Fsp3) is 0. The van der Waals surface area contributed by atoms with Crippen molar-refractivity contribution in [3.05, 3.63) is 71.9 Å². The highest BCUT2D eigenvalue weighted by Gasteiger charge is 2.35. The number of fused-ring (bicyclic) bond motifs is 1. The summed E-state index contributed by atoms with van der Waals surface area (Å²) in [4.78, 5) is 24.5. The third kappa shape index (κ3) is 2.59. The van der Waals surface area contributed by atoms with E-state index in [2.05, 4.69) is 20.9 Å². The monoisotopic (exact) mass is 346 g/mol. The number of carbonyl (C=O) groups excluding carboxylic acids is 2. The molecule has 8 nitrogen and oxygen atoms in total. The van der Waals surface area contributed by atoms with Crippen LogP contribution in [0.4, 0.5) is 11.5 Å². The van der Waals surface area contributed by atoms with Crippen molar-refractivity contribution >= 4 is 29.0 Å². The van der Waals surface area contributed by atoms with Crippen LogP contribution in [0.1, 0.15) is 16.1 Å². The molecule has 3 aromatic rings. The number of hydrogen-bond acceptors (Lipinski definition) is 6. The molecule has 2 heterocycles. The largest absolute Gasteiger partial charge is 0.383 e. The molecule has 0 bridgehead atoms. The number of nitrogens with zero attached hydrogens (tertiary/aromatic N) is 3. The fourth-order valence-corrected chi connectivity index (χ4v) is 2.66. The van der Waals surface area contributed by atoms with Crippen LogP contribution in [0.5, 0.6) is 0 Å². The van der Waals surface area contributed by atoms with Gasteiger partial charge < -0.3 is 5.73 Å². The summed E-state index contributed by atoms with van der Waals surface area (Å²) in [6.45, 7) is 0. The third-order valence-electron chi connectivity index (χ3n) is 3.89. The Bertz CT molecular complexity index is 1020. The van der Waals surface area contributed by atoms with Crippen LogP contribution in [-0.4, -0.2) is 27.3 Å². The molecule has 0 unspecified atom stereocenters. The molecule has 2 amide bonds. The number of anilines is 2. The Morgan fingerprint density at radius 2 is 1.62 bits per heavy atom. The maximum absolute atomic E-state index is 12.3. The Morgan fingerprint density at radius 1 is 0.962 bits per heavy atom. The van der Waals surface area contributed by atoms with Crippen LogP contribution in [0.2, 0.25) is 0 Å². The van der Waals surface area contributed by atoms with E-state index >= 15 is 0 Å². The zero-order chi connectivity index (χ0) is 18.1. The number of rotatable bonds is 3. The standard InChI is InChI=1S/C18H14N6O2/c19-16-13-14(23-24(16)12-9-5-2-6-10-12)15(18(26)20-17(13)25)22-21-11-7-3-1-4-8-11/h1-10,21H,19H2,(H,20,25,26)/b22-15+. The average molecular weight is 346 g/mol. The van der Waals surface area contributed by atoms with Crippen LogP contribution < -0.4 is 16.5 Å². The molecule has 0 atom stereocenters. The number of nitrogen functional groups attached to an aromatic ring is 1. The molecular weight excluding hydrogens is 332 g/mol. The molecule has 8 heteroatoms. The number of para-hydroxylation sites is 2. The van der Waals surface area contributed by atoms with Crippen molar-refractivity contribution in [2.75, 3.05) is 11.2 Å². The number of benzene rings is 2. The second-order valence-electron chi connectivity index (χ2n) is 5.58. The summed E-state index contributed by atoms with van der Waals surface area (Å²) in [5.74, 6) is -1.09. The van der Waals surface area contributed by atoms with E-state index in [1.165, 1.54) is 4.68 Å². The summed E-state index contributed by atoms with van der Waals surface area (Å²) in [5.41, 5.74) is 10.5. The summed E-state index contributed by atoms with van der Waals surface area (Å²) < 4.78 is 1.42. The van der Waals surface area contributed by atoms with Crippen LogP contribution >= 0.6 is 0 Å². The molecule has 1 aliphatic heterocycles. The molecule has 0 radical (unpaired) electrons. The van der Waals surface area contributed by atoms with E-state index < -0.39 is 11.8 Å². The van der Waals surface area contributed by atoms with Crippen LogP contribution in [-0.2, 0) is 4.79 Å². The van der Waals surface area contributed by atoms with Crippen molar-refractivity contribution in [1.29, 1.82) is 0 Å². The van der Waals surface area contributed by atoms with Gasteiger partial charge in [-0.1, -0.05) is 36.4 Å². The van der Waals surface area contributed by atoms with E-state index in [0.29, 0.717) is 11.4 Å². The number of hydrogen-bond donors (Lipinski definition) is 3. The first-order valence-corrected chi connectivity index (χ1v) is 7.84. The first-order chi connectivity index (χ1) is 12.6. The van der Waals surface area contributed by atoms with Crippen LogP contribution in [0.15, 0.2) is 65.8 Å². The number of carbonyl (C=O) groups is 2. The molecule has 1 aliphatic rings. The van der Waals surface area contributed by atoms with E-state index in [4.69, 9.17) is 5.73 Å². The molecule has 0 spiro atoms. The van der Waals surface area contributed by atoms with Gasteiger partial charge in [0.05, 0.1) is 11.4 Å². The number of nitrogens with one attached hydrogen (secondary N) is 2. The Hall–Kier alpha value is -3.94. The number of imide groups is 1. The molecule has 0 saturated heterocycles. The van der Waals surface area contributed by atoms with E-state index in [9.17, 15) is 9.59 Å². The van der Waals surface area contributed by atoms with Crippen molar-refractivity contribution in [3.63, 3.8) is 0 Å².